The summed E-state index contributed by atoms with van der Waals surface area (Å²) >= 11 is 0. The van der Waals surface area contributed by atoms with Crippen molar-refractivity contribution in [1.82, 2.24) is 14.8 Å². The van der Waals surface area contributed by atoms with Crippen LogP contribution in [0.3, 0.4) is 0 Å². The Morgan fingerprint density at radius 1 is 1.16 bits per heavy atom. The number of nitrogens with one attached hydrogen (secondary N) is 2. The standard InChI is InChI=1S/C18H15N5O2/c1-12-14(17(24)23(22-12)13-7-3-2-4-8-13)11-19-21-18-20-15-9-5-6-10-16(15)25-18/h2-11,22H,1H3,(H,20,21)/b19-11+. The lowest BCUT2D eigenvalue weighted by Crippen LogP contribution is -2.17. The van der Waals surface area contributed by atoms with Gasteiger partial charge in [0.05, 0.1) is 17.5 Å². The van der Waals surface area contributed by atoms with Crippen LogP contribution in [0, 0.1) is 6.92 Å². The lowest BCUT2D eigenvalue weighted by Gasteiger charge is -1.99. The number of aromatic amines is 1. The smallest absolute Gasteiger partial charge is 0.316 e. The molecular formula is C18H15N5O2. The second-order valence-corrected chi connectivity index (χ2v) is 5.48. The van der Waals surface area contributed by atoms with Crippen LogP contribution in [0.1, 0.15) is 11.3 Å². The normalized spacial score (nSPS) is 11.4. The summed E-state index contributed by atoms with van der Waals surface area (Å²) in [5, 5.41) is 7.12. The highest BCUT2D eigenvalue weighted by atomic mass is 16.4. The minimum Gasteiger partial charge on any atom is -0.422 e. The Labute approximate surface area is 142 Å². The number of H-pyrrole nitrogens is 1. The second kappa shape index (κ2) is 6.12. The molecule has 7 heteroatoms. The van der Waals surface area contributed by atoms with Crippen molar-refractivity contribution in [3.8, 4) is 5.69 Å². The van der Waals surface area contributed by atoms with Gasteiger partial charge in [0.2, 0.25) is 0 Å². The van der Waals surface area contributed by atoms with Gasteiger partial charge in [0, 0.05) is 5.69 Å². The highest BCUT2D eigenvalue weighted by molar-refractivity contribution is 5.81. The predicted molar refractivity (Wildman–Crippen MR) is 96.4 cm³/mol. The number of oxazole rings is 1. The first kappa shape index (κ1) is 14.9. The van der Waals surface area contributed by atoms with Crippen molar-refractivity contribution in [2.24, 2.45) is 5.10 Å². The fourth-order valence-corrected chi connectivity index (χ4v) is 2.54. The summed E-state index contributed by atoms with van der Waals surface area (Å²) < 4.78 is 7.00. The first-order chi connectivity index (χ1) is 12.2. The van der Waals surface area contributed by atoms with E-state index in [2.05, 4.69) is 20.6 Å². The maximum Gasteiger partial charge on any atom is 0.316 e. The SMILES string of the molecule is Cc1[nH]n(-c2ccccc2)c(=O)c1/C=N/Nc1nc2ccccc2o1. The van der Waals surface area contributed by atoms with E-state index in [0.29, 0.717) is 11.1 Å². The van der Waals surface area contributed by atoms with Crippen LogP contribution in [0.4, 0.5) is 6.01 Å². The predicted octanol–water partition coefficient (Wildman–Crippen LogP) is 3.06. The third kappa shape index (κ3) is 2.83. The first-order valence-corrected chi connectivity index (χ1v) is 7.74. The van der Waals surface area contributed by atoms with Gasteiger partial charge in [0.1, 0.15) is 5.52 Å². The van der Waals surface area contributed by atoms with E-state index >= 15 is 0 Å². The number of nitrogens with zero attached hydrogens (tertiary/aromatic N) is 3. The van der Waals surface area contributed by atoms with Crippen LogP contribution in [0.2, 0.25) is 0 Å². The Morgan fingerprint density at radius 2 is 1.92 bits per heavy atom. The molecule has 0 saturated heterocycles. The van der Waals surface area contributed by atoms with Crippen molar-refractivity contribution in [2.75, 3.05) is 5.43 Å². The van der Waals surface area contributed by atoms with E-state index < -0.39 is 0 Å². The molecular weight excluding hydrogens is 318 g/mol. The molecule has 0 atom stereocenters. The van der Waals surface area contributed by atoms with Crippen LogP contribution >= 0.6 is 0 Å². The van der Waals surface area contributed by atoms with Crippen LogP contribution in [-0.4, -0.2) is 21.0 Å². The van der Waals surface area contributed by atoms with E-state index in [1.54, 1.807) is 0 Å². The van der Waals surface area contributed by atoms with E-state index in [1.807, 2.05) is 61.5 Å². The zero-order valence-corrected chi connectivity index (χ0v) is 13.4. The van der Waals surface area contributed by atoms with E-state index in [1.165, 1.54) is 10.9 Å². The molecule has 4 aromatic rings. The molecule has 25 heavy (non-hydrogen) atoms. The minimum atomic E-state index is -0.174. The number of aromatic nitrogens is 3. The van der Waals surface area contributed by atoms with E-state index in [4.69, 9.17) is 4.42 Å². The van der Waals surface area contributed by atoms with E-state index in [0.717, 1.165) is 16.9 Å². The second-order valence-electron chi connectivity index (χ2n) is 5.48. The number of rotatable bonds is 4. The molecule has 0 saturated carbocycles. The molecule has 4 rings (SSSR count). The van der Waals surface area contributed by atoms with Crippen molar-refractivity contribution in [2.45, 2.75) is 6.92 Å². The molecule has 0 amide bonds. The Bertz CT molecular complexity index is 1070. The largest absolute Gasteiger partial charge is 0.422 e. The highest BCUT2D eigenvalue weighted by Crippen LogP contribution is 2.17. The van der Waals surface area contributed by atoms with Crippen molar-refractivity contribution in [3.63, 3.8) is 0 Å². The van der Waals surface area contributed by atoms with Crippen LogP contribution in [-0.2, 0) is 0 Å². The summed E-state index contributed by atoms with van der Waals surface area (Å²) in [5.74, 6) is 0. The van der Waals surface area contributed by atoms with Crippen molar-refractivity contribution in [3.05, 3.63) is 76.2 Å². The highest BCUT2D eigenvalue weighted by Gasteiger charge is 2.10. The van der Waals surface area contributed by atoms with Gasteiger partial charge < -0.3 is 4.42 Å². The maximum atomic E-state index is 12.5. The zero-order valence-electron chi connectivity index (χ0n) is 13.4. The average molecular weight is 333 g/mol. The molecule has 0 aliphatic rings. The third-order valence-corrected chi connectivity index (χ3v) is 3.78. The number of benzene rings is 2. The molecule has 0 bridgehead atoms. The number of hydrogen-bond donors (Lipinski definition) is 2. The lowest BCUT2D eigenvalue weighted by molar-refractivity contribution is 0.617. The van der Waals surface area contributed by atoms with Gasteiger partial charge in [-0.05, 0) is 31.2 Å². The third-order valence-electron chi connectivity index (χ3n) is 3.78. The Morgan fingerprint density at radius 3 is 2.72 bits per heavy atom. The quantitative estimate of drug-likeness (QED) is 0.444. The fourth-order valence-electron chi connectivity index (χ4n) is 2.54. The summed E-state index contributed by atoms with van der Waals surface area (Å²) in [6, 6.07) is 17.1. The molecule has 0 fully saturated rings. The number of fused-ring (bicyclic) bond motifs is 1. The van der Waals surface area contributed by atoms with Gasteiger partial charge in [0.25, 0.3) is 5.56 Å². The molecule has 0 aliphatic heterocycles. The summed E-state index contributed by atoms with van der Waals surface area (Å²) in [5.41, 5.74) is 5.90. The molecule has 2 N–H and O–H groups in total. The fraction of sp³-hybridized carbons (Fsp3) is 0.0556. The van der Waals surface area contributed by atoms with Crippen molar-refractivity contribution < 1.29 is 4.42 Å². The van der Waals surface area contributed by atoms with Gasteiger partial charge in [0.15, 0.2) is 5.58 Å². The molecule has 2 aromatic carbocycles. The van der Waals surface area contributed by atoms with Gasteiger partial charge >= 0.3 is 6.01 Å². The van der Waals surface area contributed by atoms with Gasteiger partial charge in [-0.2, -0.15) is 10.1 Å². The summed E-state index contributed by atoms with van der Waals surface area (Å²) in [4.78, 5) is 16.8. The van der Waals surface area contributed by atoms with Gasteiger partial charge in [-0.25, -0.2) is 10.1 Å². The van der Waals surface area contributed by atoms with Crippen molar-refractivity contribution in [1.29, 1.82) is 0 Å². The summed E-state index contributed by atoms with van der Waals surface area (Å²) in [7, 11) is 0. The molecule has 124 valence electrons. The van der Waals surface area contributed by atoms with Gasteiger partial charge in [-0.3, -0.25) is 9.89 Å². The topological polar surface area (TPSA) is 88.2 Å². The zero-order chi connectivity index (χ0) is 17.2. The lowest BCUT2D eigenvalue weighted by atomic mass is 10.3. The summed E-state index contributed by atoms with van der Waals surface area (Å²) in [6.07, 6.45) is 1.46. The monoisotopic (exact) mass is 333 g/mol. The molecule has 0 spiro atoms. The Balaban J connectivity index is 1.59. The Hall–Kier alpha value is -3.61. The number of para-hydroxylation sites is 3. The number of hydrogen-bond acceptors (Lipinski definition) is 5. The van der Waals surface area contributed by atoms with Crippen LogP contribution < -0.4 is 11.0 Å². The molecule has 0 aliphatic carbocycles. The van der Waals surface area contributed by atoms with Crippen LogP contribution in [0.15, 0.2) is 68.9 Å². The van der Waals surface area contributed by atoms with E-state index in [-0.39, 0.29) is 11.6 Å². The first-order valence-electron chi connectivity index (χ1n) is 7.74. The molecule has 2 aromatic heterocycles. The number of anilines is 1. The molecule has 2 heterocycles. The van der Waals surface area contributed by atoms with Crippen molar-refractivity contribution >= 4 is 23.3 Å². The van der Waals surface area contributed by atoms with E-state index in [9.17, 15) is 4.79 Å². The number of hydrazone groups is 1. The van der Waals surface area contributed by atoms with Crippen LogP contribution in [0.5, 0.6) is 0 Å². The summed E-state index contributed by atoms with van der Waals surface area (Å²) in [6.45, 7) is 1.82. The van der Waals surface area contributed by atoms with Crippen LogP contribution in [0.25, 0.3) is 16.8 Å². The molecule has 0 unspecified atom stereocenters. The molecule has 7 nitrogen and oxygen atoms in total. The Kier molecular flexibility index (Phi) is 3.66. The maximum absolute atomic E-state index is 12.5. The number of aryl methyl sites for hydroxylation is 1. The minimum absolute atomic E-state index is 0.174. The average Bonchev–Trinajstić information content (AvgIpc) is 3.17. The molecule has 0 radical (unpaired) electrons. The van der Waals surface area contributed by atoms with Gasteiger partial charge in [-0.1, -0.05) is 30.3 Å². The van der Waals surface area contributed by atoms with Gasteiger partial charge in [-0.15, -0.1) is 0 Å².